The minimum atomic E-state index is -4.09. The summed E-state index contributed by atoms with van der Waals surface area (Å²) in [7, 11) is 1.89. The minimum absolute atomic E-state index is 0.126. The summed E-state index contributed by atoms with van der Waals surface area (Å²) in [4.78, 5) is 2.15. The van der Waals surface area contributed by atoms with Crippen molar-refractivity contribution in [3.8, 4) is 0 Å². The van der Waals surface area contributed by atoms with Crippen LogP contribution in [-0.4, -0.2) is 41.8 Å². The fourth-order valence-electron chi connectivity index (χ4n) is 2.63. The molecule has 0 unspecified atom stereocenters. The van der Waals surface area contributed by atoms with Gasteiger partial charge in [0.15, 0.2) is 0 Å². The van der Waals surface area contributed by atoms with E-state index in [1.54, 1.807) is 0 Å². The molecule has 1 fully saturated rings. The van der Waals surface area contributed by atoms with Gasteiger partial charge >= 0.3 is 6.18 Å². The van der Waals surface area contributed by atoms with Gasteiger partial charge in [0, 0.05) is 51.5 Å². The van der Waals surface area contributed by atoms with Gasteiger partial charge in [-0.2, -0.15) is 13.2 Å². The number of nitrogens with zero attached hydrogens (tertiary/aromatic N) is 2. The fourth-order valence-corrected chi connectivity index (χ4v) is 2.63. The number of rotatable bonds is 4. The second-order valence-corrected chi connectivity index (χ2v) is 5.00. The van der Waals surface area contributed by atoms with Crippen LogP contribution >= 0.6 is 0 Å². The normalized spacial score (nSPS) is 19.6. The Morgan fingerprint density at radius 2 is 2.00 bits per heavy atom. The van der Waals surface area contributed by atoms with Crippen molar-refractivity contribution in [1.29, 1.82) is 0 Å². The molecule has 0 radical (unpaired) electrons. The van der Waals surface area contributed by atoms with E-state index in [2.05, 4.69) is 10.2 Å². The van der Waals surface area contributed by atoms with Crippen molar-refractivity contribution in [1.82, 2.24) is 14.8 Å². The Bertz CT molecular complexity index is 394. The maximum absolute atomic E-state index is 12.5. The molecule has 1 atom stereocenters. The molecule has 2 heterocycles. The Kier molecular flexibility index (Phi) is 4.52. The van der Waals surface area contributed by atoms with E-state index in [1.165, 1.54) is 0 Å². The van der Waals surface area contributed by atoms with Crippen LogP contribution in [0.4, 0.5) is 13.2 Å². The van der Waals surface area contributed by atoms with E-state index in [0.29, 0.717) is 0 Å². The molecular weight excluding hydrogens is 255 g/mol. The highest BCUT2D eigenvalue weighted by Crippen LogP contribution is 2.31. The number of hydrogen-bond donors (Lipinski definition) is 1. The third-order valence-corrected chi connectivity index (χ3v) is 3.62. The Labute approximate surface area is 111 Å². The van der Waals surface area contributed by atoms with E-state index < -0.39 is 12.6 Å². The second kappa shape index (κ2) is 5.96. The summed E-state index contributed by atoms with van der Waals surface area (Å²) in [5.74, 6) is 0. The first-order valence-electron chi connectivity index (χ1n) is 6.60. The van der Waals surface area contributed by atoms with E-state index in [0.717, 1.165) is 31.9 Å². The van der Waals surface area contributed by atoms with Gasteiger partial charge in [0.05, 0.1) is 6.04 Å². The number of nitrogens with one attached hydrogen (secondary N) is 1. The standard InChI is InChI=1S/C13H20F3N3/c1-18-8-2-3-11(18)12(4-5-13(14,15)16)19-9-6-17-7-10-19/h2-3,8,12,17H,4-7,9-10H2,1H3/t12-/m0/s1. The van der Waals surface area contributed by atoms with Crippen LogP contribution in [0.3, 0.4) is 0 Å². The summed E-state index contributed by atoms with van der Waals surface area (Å²) < 4.78 is 39.4. The zero-order valence-corrected chi connectivity index (χ0v) is 11.1. The molecule has 0 bridgehead atoms. The van der Waals surface area contributed by atoms with Gasteiger partial charge in [-0.3, -0.25) is 4.90 Å². The Balaban J connectivity index is 2.10. The molecule has 1 aromatic rings. The van der Waals surface area contributed by atoms with E-state index in [1.807, 2.05) is 29.9 Å². The van der Waals surface area contributed by atoms with Crippen LogP contribution in [0.15, 0.2) is 18.3 Å². The van der Waals surface area contributed by atoms with E-state index in [4.69, 9.17) is 0 Å². The third-order valence-electron chi connectivity index (χ3n) is 3.62. The lowest BCUT2D eigenvalue weighted by molar-refractivity contribution is -0.138. The van der Waals surface area contributed by atoms with Gasteiger partial charge < -0.3 is 9.88 Å². The largest absolute Gasteiger partial charge is 0.389 e. The smallest absolute Gasteiger partial charge is 0.353 e. The average molecular weight is 275 g/mol. The van der Waals surface area contributed by atoms with Crippen LogP contribution in [0.1, 0.15) is 24.6 Å². The van der Waals surface area contributed by atoms with Crippen molar-refractivity contribution in [3.05, 3.63) is 24.0 Å². The molecule has 19 heavy (non-hydrogen) atoms. The number of alkyl halides is 3. The molecular formula is C13H20F3N3. The van der Waals surface area contributed by atoms with Gasteiger partial charge in [-0.1, -0.05) is 0 Å². The molecule has 3 nitrogen and oxygen atoms in total. The van der Waals surface area contributed by atoms with Crippen LogP contribution in [0.5, 0.6) is 0 Å². The number of halogens is 3. The molecule has 1 aliphatic heterocycles. The predicted octanol–water partition coefficient (Wildman–Crippen LogP) is 2.31. The molecule has 0 saturated carbocycles. The Morgan fingerprint density at radius 1 is 1.32 bits per heavy atom. The highest BCUT2D eigenvalue weighted by atomic mass is 19.4. The van der Waals surface area contributed by atoms with Gasteiger partial charge in [0.25, 0.3) is 0 Å². The minimum Gasteiger partial charge on any atom is -0.353 e. The molecule has 0 spiro atoms. The summed E-state index contributed by atoms with van der Waals surface area (Å²) in [5.41, 5.74) is 0.964. The topological polar surface area (TPSA) is 20.2 Å². The van der Waals surface area contributed by atoms with Crippen LogP contribution in [-0.2, 0) is 7.05 Å². The van der Waals surface area contributed by atoms with Crippen molar-refractivity contribution >= 4 is 0 Å². The average Bonchev–Trinajstić information content (AvgIpc) is 2.76. The van der Waals surface area contributed by atoms with Crippen LogP contribution < -0.4 is 5.32 Å². The molecule has 2 rings (SSSR count). The molecule has 1 aromatic heterocycles. The van der Waals surface area contributed by atoms with E-state index in [-0.39, 0.29) is 12.5 Å². The quantitative estimate of drug-likeness (QED) is 0.910. The summed E-state index contributed by atoms with van der Waals surface area (Å²) in [5, 5.41) is 3.23. The molecule has 1 aliphatic rings. The fraction of sp³-hybridized carbons (Fsp3) is 0.692. The van der Waals surface area contributed by atoms with Gasteiger partial charge in [0.2, 0.25) is 0 Å². The molecule has 0 amide bonds. The Morgan fingerprint density at radius 3 is 2.53 bits per heavy atom. The number of aromatic nitrogens is 1. The summed E-state index contributed by atoms with van der Waals surface area (Å²) in [6, 6.07) is 3.66. The monoisotopic (exact) mass is 275 g/mol. The first kappa shape index (κ1) is 14.4. The van der Waals surface area contributed by atoms with E-state index in [9.17, 15) is 13.2 Å². The molecule has 0 aromatic carbocycles. The molecule has 0 aliphatic carbocycles. The molecule has 1 saturated heterocycles. The van der Waals surface area contributed by atoms with Gasteiger partial charge in [-0.05, 0) is 18.6 Å². The predicted molar refractivity (Wildman–Crippen MR) is 67.9 cm³/mol. The lowest BCUT2D eigenvalue weighted by Gasteiger charge is -2.35. The number of hydrogen-bond acceptors (Lipinski definition) is 2. The van der Waals surface area contributed by atoms with Crippen molar-refractivity contribution < 1.29 is 13.2 Å². The van der Waals surface area contributed by atoms with Gasteiger partial charge in [-0.15, -0.1) is 0 Å². The van der Waals surface area contributed by atoms with Crippen molar-refractivity contribution in [2.24, 2.45) is 7.05 Å². The summed E-state index contributed by atoms with van der Waals surface area (Å²) in [6.45, 7) is 3.28. The maximum atomic E-state index is 12.5. The SMILES string of the molecule is Cn1cccc1[C@H](CCC(F)(F)F)N1CCNCC1. The number of piperazine rings is 1. The van der Waals surface area contributed by atoms with Crippen molar-refractivity contribution in [3.63, 3.8) is 0 Å². The first-order chi connectivity index (χ1) is 8.97. The van der Waals surface area contributed by atoms with Crippen LogP contribution in [0, 0.1) is 0 Å². The zero-order chi connectivity index (χ0) is 13.9. The van der Waals surface area contributed by atoms with Crippen molar-refractivity contribution in [2.45, 2.75) is 25.1 Å². The van der Waals surface area contributed by atoms with Gasteiger partial charge in [0.1, 0.15) is 0 Å². The van der Waals surface area contributed by atoms with E-state index >= 15 is 0 Å². The highest BCUT2D eigenvalue weighted by Gasteiger charge is 2.31. The zero-order valence-electron chi connectivity index (χ0n) is 11.1. The van der Waals surface area contributed by atoms with Gasteiger partial charge in [-0.25, -0.2) is 0 Å². The number of aryl methyl sites for hydroxylation is 1. The summed E-state index contributed by atoms with van der Waals surface area (Å²) >= 11 is 0. The third kappa shape index (κ3) is 3.98. The highest BCUT2D eigenvalue weighted by molar-refractivity contribution is 5.12. The molecule has 1 N–H and O–H groups in total. The van der Waals surface area contributed by atoms with Crippen LogP contribution in [0.2, 0.25) is 0 Å². The first-order valence-corrected chi connectivity index (χ1v) is 6.60. The lowest BCUT2D eigenvalue weighted by atomic mass is 10.0. The van der Waals surface area contributed by atoms with Crippen LogP contribution in [0.25, 0.3) is 0 Å². The Hall–Kier alpha value is -1.01. The van der Waals surface area contributed by atoms with Crippen molar-refractivity contribution in [2.75, 3.05) is 26.2 Å². The molecule has 108 valence electrons. The summed E-state index contributed by atoms with van der Waals surface area (Å²) in [6.07, 6.45) is -2.80. The maximum Gasteiger partial charge on any atom is 0.389 e. The second-order valence-electron chi connectivity index (χ2n) is 5.00. The lowest BCUT2D eigenvalue weighted by Crippen LogP contribution is -2.45. The molecule has 6 heteroatoms.